The van der Waals surface area contributed by atoms with Gasteiger partial charge in [0.15, 0.2) is 0 Å². The van der Waals surface area contributed by atoms with Crippen molar-refractivity contribution in [1.82, 2.24) is 15.1 Å². The fourth-order valence-corrected chi connectivity index (χ4v) is 2.28. The Morgan fingerprint density at radius 2 is 2.05 bits per heavy atom. The maximum Gasteiger partial charge on any atom is 0.269 e. The monoisotopic (exact) mass is 299 g/mol. The van der Waals surface area contributed by atoms with Gasteiger partial charge < -0.3 is 4.90 Å². The molecule has 0 saturated carbocycles. The molecule has 1 heterocycles. The number of rotatable bonds is 4. The van der Waals surface area contributed by atoms with Crippen LogP contribution in [0.5, 0.6) is 0 Å². The smallest absolute Gasteiger partial charge is 0.269 e. The molecule has 0 aliphatic rings. The Balaban J connectivity index is 2.13. The van der Waals surface area contributed by atoms with Crippen molar-refractivity contribution in [3.05, 3.63) is 42.1 Å². The van der Waals surface area contributed by atoms with Gasteiger partial charge in [0.05, 0.1) is 0 Å². The van der Waals surface area contributed by atoms with Crippen LogP contribution < -0.4 is 5.32 Å². The first kappa shape index (κ1) is 14.7. The van der Waals surface area contributed by atoms with Gasteiger partial charge in [-0.3, -0.25) is 10.1 Å². The maximum atomic E-state index is 11.9. The Hall–Kier alpha value is -2.72. The van der Waals surface area contributed by atoms with Crippen molar-refractivity contribution in [3.8, 4) is 16.6 Å². The SMILES string of the molecule is CN(C)C=C(C#N)C(=O)Nc1nnc(-c2ccccc2)s1. The number of nitrogens with one attached hydrogen (secondary N) is 1. The zero-order valence-electron chi connectivity index (χ0n) is 11.6. The molecule has 0 fully saturated rings. The lowest BCUT2D eigenvalue weighted by molar-refractivity contribution is -0.112. The van der Waals surface area contributed by atoms with E-state index in [1.54, 1.807) is 19.0 Å². The van der Waals surface area contributed by atoms with Gasteiger partial charge in [-0.15, -0.1) is 10.2 Å². The van der Waals surface area contributed by atoms with Crippen molar-refractivity contribution in [2.24, 2.45) is 0 Å². The maximum absolute atomic E-state index is 11.9. The van der Waals surface area contributed by atoms with Crippen molar-refractivity contribution >= 4 is 22.4 Å². The number of carbonyl (C=O) groups is 1. The number of anilines is 1. The zero-order valence-corrected chi connectivity index (χ0v) is 12.4. The van der Waals surface area contributed by atoms with E-state index in [1.807, 2.05) is 36.4 Å². The highest BCUT2D eigenvalue weighted by molar-refractivity contribution is 7.18. The summed E-state index contributed by atoms with van der Waals surface area (Å²) in [6, 6.07) is 11.4. The van der Waals surface area contributed by atoms with Crippen LogP contribution in [-0.4, -0.2) is 35.1 Å². The van der Waals surface area contributed by atoms with Gasteiger partial charge in [0, 0.05) is 25.9 Å². The molecule has 1 N–H and O–H groups in total. The number of amides is 1. The van der Waals surface area contributed by atoms with Gasteiger partial charge in [-0.2, -0.15) is 5.26 Å². The standard InChI is InChI=1S/C14H13N5OS/c1-19(2)9-11(8-15)12(20)16-14-18-17-13(21-14)10-6-4-3-5-7-10/h3-7,9H,1-2H3,(H,16,18,20). The molecule has 0 aliphatic carbocycles. The van der Waals surface area contributed by atoms with Crippen LogP contribution in [0.2, 0.25) is 0 Å². The molecule has 2 aromatic rings. The fourth-order valence-electron chi connectivity index (χ4n) is 1.53. The summed E-state index contributed by atoms with van der Waals surface area (Å²) in [5, 5.41) is 20.6. The fraction of sp³-hybridized carbons (Fsp3) is 0.143. The summed E-state index contributed by atoms with van der Waals surface area (Å²) < 4.78 is 0. The molecule has 0 saturated heterocycles. The van der Waals surface area contributed by atoms with E-state index in [-0.39, 0.29) is 5.57 Å². The van der Waals surface area contributed by atoms with E-state index in [0.717, 1.165) is 5.56 Å². The highest BCUT2D eigenvalue weighted by Gasteiger charge is 2.13. The lowest BCUT2D eigenvalue weighted by atomic mass is 10.2. The van der Waals surface area contributed by atoms with Crippen LogP contribution in [0.15, 0.2) is 42.1 Å². The predicted molar refractivity (Wildman–Crippen MR) is 81.4 cm³/mol. The van der Waals surface area contributed by atoms with Crippen LogP contribution in [-0.2, 0) is 4.79 Å². The molecule has 106 valence electrons. The van der Waals surface area contributed by atoms with E-state index in [4.69, 9.17) is 5.26 Å². The number of carbonyl (C=O) groups excluding carboxylic acids is 1. The molecule has 0 spiro atoms. The zero-order chi connectivity index (χ0) is 15.2. The van der Waals surface area contributed by atoms with Crippen LogP contribution in [0.1, 0.15) is 0 Å². The summed E-state index contributed by atoms with van der Waals surface area (Å²) in [5.41, 5.74) is 0.941. The number of hydrogen-bond acceptors (Lipinski definition) is 6. The van der Waals surface area contributed by atoms with E-state index >= 15 is 0 Å². The van der Waals surface area contributed by atoms with Crippen LogP contribution in [0, 0.1) is 11.3 Å². The summed E-state index contributed by atoms with van der Waals surface area (Å²) in [6.07, 6.45) is 1.45. The Morgan fingerprint density at radius 1 is 1.33 bits per heavy atom. The lowest BCUT2D eigenvalue weighted by Crippen LogP contribution is -2.16. The molecule has 0 atom stereocenters. The minimum absolute atomic E-state index is 0.0106. The highest BCUT2D eigenvalue weighted by Crippen LogP contribution is 2.26. The average Bonchev–Trinajstić information content (AvgIpc) is 2.94. The summed E-state index contributed by atoms with van der Waals surface area (Å²) >= 11 is 1.26. The minimum Gasteiger partial charge on any atom is -0.382 e. The molecule has 2 rings (SSSR count). The molecule has 1 aromatic heterocycles. The quantitative estimate of drug-likeness (QED) is 0.690. The van der Waals surface area contributed by atoms with Gasteiger partial charge in [-0.25, -0.2) is 0 Å². The molecule has 21 heavy (non-hydrogen) atoms. The van der Waals surface area contributed by atoms with Crippen LogP contribution in [0.3, 0.4) is 0 Å². The molecule has 0 radical (unpaired) electrons. The van der Waals surface area contributed by atoms with Crippen LogP contribution in [0.4, 0.5) is 5.13 Å². The van der Waals surface area contributed by atoms with Gasteiger partial charge in [0.1, 0.15) is 16.6 Å². The number of nitriles is 1. The summed E-state index contributed by atoms with van der Waals surface area (Å²) in [4.78, 5) is 13.6. The first-order valence-electron chi connectivity index (χ1n) is 6.09. The second kappa shape index (κ2) is 6.63. The van der Waals surface area contributed by atoms with Gasteiger partial charge in [0.25, 0.3) is 5.91 Å². The third-order valence-electron chi connectivity index (χ3n) is 2.42. The van der Waals surface area contributed by atoms with E-state index in [1.165, 1.54) is 17.5 Å². The van der Waals surface area contributed by atoms with E-state index in [0.29, 0.717) is 10.1 Å². The van der Waals surface area contributed by atoms with Crippen molar-refractivity contribution in [2.75, 3.05) is 19.4 Å². The second-order valence-corrected chi connectivity index (χ2v) is 5.33. The van der Waals surface area contributed by atoms with Crippen LogP contribution in [0.25, 0.3) is 10.6 Å². The van der Waals surface area contributed by atoms with Crippen molar-refractivity contribution < 1.29 is 4.79 Å². The van der Waals surface area contributed by atoms with Crippen molar-refractivity contribution in [1.29, 1.82) is 5.26 Å². The molecule has 1 aromatic carbocycles. The molecular weight excluding hydrogens is 286 g/mol. The van der Waals surface area contributed by atoms with Crippen molar-refractivity contribution in [2.45, 2.75) is 0 Å². The van der Waals surface area contributed by atoms with Crippen molar-refractivity contribution in [3.63, 3.8) is 0 Å². The molecule has 0 aliphatic heterocycles. The minimum atomic E-state index is -0.498. The Labute approximate surface area is 126 Å². The molecule has 0 unspecified atom stereocenters. The van der Waals surface area contributed by atoms with Gasteiger partial charge in [-0.05, 0) is 0 Å². The number of nitrogens with zero attached hydrogens (tertiary/aromatic N) is 4. The molecule has 6 nitrogen and oxygen atoms in total. The first-order valence-corrected chi connectivity index (χ1v) is 6.90. The van der Waals surface area contributed by atoms with Gasteiger partial charge >= 0.3 is 0 Å². The summed E-state index contributed by atoms with van der Waals surface area (Å²) in [5.74, 6) is -0.498. The second-order valence-electron chi connectivity index (χ2n) is 4.35. The third kappa shape index (κ3) is 3.87. The van der Waals surface area contributed by atoms with Crippen LogP contribution >= 0.6 is 11.3 Å². The lowest BCUT2D eigenvalue weighted by Gasteiger charge is -2.05. The normalized spacial score (nSPS) is 10.8. The molecule has 7 heteroatoms. The molecule has 0 bridgehead atoms. The predicted octanol–water partition coefficient (Wildman–Crippen LogP) is 2.11. The number of aromatic nitrogens is 2. The molecule has 1 amide bonds. The topological polar surface area (TPSA) is 81.9 Å². The Morgan fingerprint density at radius 3 is 2.67 bits per heavy atom. The third-order valence-corrected chi connectivity index (χ3v) is 3.31. The Bertz CT molecular complexity index is 700. The first-order chi connectivity index (χ1) is 10.1. The Kier molecular flexibility index (Phi) is 4.64. The van der Waals surface area contributed by atoms with E-state index in [2.05, 4.69) is 15.5 Å². The largest absolute Gasteiger partial charge is 0.382 e. The number of benzene rings is 1. The molecular formula is C14H13N5OS. The van der Waals surface area contributed by atoms with Gasteiger partial charge in [0.2, 0.25) is 5.13 Å². The van der Waals surface area contributed by atoms with Gasteiger partial charge in [-0.1, -0.05) is 41.7 Å². The summed E-state index contributed by atoms with van der Waals surface area (Å²) in [7, 11) is 3.48. The summed E-state index contributed by atoms with van der Waals surface area (Å²) in [6.45, 7) is 0. The number of hydrogen-bond donors (Lipinski definition) is 1. The van der Waals surface area contributed by atoms with E-state index in [9.17, 15) is 4.79 Å². The average molecular weight is 299 g/mol. The van der Waals surface area contributed by atoms with E-state index < -0.39 is 5.91 Å². The highest BCUT2D eigenvalue weighted by atomic mass is 32.1.